The zero-order valence-electron chi connectivity index (χ0n) is 20.7. The van der Waals surface area contributed by atoms with E-state index in [4.69, 9.17) is 25.7 Å². The number of halogens is 1. The Bertz CT molecular complexity index is 1380. The number of nitrogens with one attached hydrogen (secondary N) is 1. The molecule has 0 unspecified atom stereocenters. The largest absolute Gasteiger partial charge is 0.440 e. The van der Waals surface area contributed by atoms with Crippen molar-refractivity contribution >= 4 is 39.9 Å². The van der Waals surface area contributed by atoms with Crippen LogP contribution in [0.4, 0.5) is 0 Å². The molecule has 1 aliphatic rings. The molecule has 0 aliphatic heterocycles. The number of imidazole rings is 1. The number of carbonyl (C=O) groups is 1. The van der Waals surface area contributed by atoms with E-state index in [-0.39, 0.29) is 24.1 Å². The van der Waals surface area contributed by atoms with Crippen molar-refractivity contribution in [1.82, 2.24) is 29.8 Å². The lowest BCUT2D eigenvalue weighted by Crippen LogP contribution is -2.43. The molecule has 1 amide bonds. The number of aromatic nitrogens is 5. The number of nitrogens with zero attached hydrogens (tertiary/aromatic N) is 5. The van der Waals surface area contributed by atoms with Gasteiger partial charge in [0.1, 0.15) is 27.1 Å². The first-order valence-electron chi connectivity index (χ1n) is 12.0. The molecule has 0 aromatic carbocycles. The molecule has 0 bridgehead atoms. The van der Waals surface area contributed by atoms with Crippen molar-refractivity contribution in [2.24, 2.45) is 5.92 Å². The van der Waals surface area contributed by atoms with Gasteiger partial charge < -0.3 is 19.0 Å². The Kier molecular flexibility index (Phi) is 7.09. The smallest absolute Gasteiger partial charge is 0.280 e. The van der Waals surface area contributed by atoms with Crippen molar-refractivity contribution in [3.63, 3.8) is 0 Å². The van der Waals surface area contributed by atoms with E-state index in [0.29, 0.717) is 26.8 Å². The number of thiazole rings is 1. The Balaban J connectivity index is 1.51. The molecular formula is C25H29ClN6O3S. The summed E-state index contributed by atoms with van der Waals surface area (Å²) in [5.41, 5.74) is 2.47. The van der Waals surface area contributed by atoms with Crippen molar-refractivity contribution < 1.29 is 13.9 Å². The summed E-state index contributed by atoms with van der Waals surface area (Å²) in [5.74, 6) is 2.43. The normalized spacial score (nSPS) is 20.3. The number of pyridine rings is 1. The maximum absolute atomic E-state index is 12.8. The third-order valence-electron chi connectivity index (χ3n) is 6.42. The van der Waals surface area contributed by atoms with E-state index in [1.54, 1.807) is 19.5 Å². The summed E-state index contributed by atoms with van der Waals surface area (Å²) in [6.07, 6.45) is 8.09. The first-order chi connectivity index (χ1) is 17.3. The van der Waals surface area contributed by atoms with Crippen LogP contribution in [-0.4, -0.2) is 49.7 Å². The quantitative estimate of drug-likeness (QED) is 0.349. The molecule has 1 saturated carbocycles. The number of ether oxygens (including phenoxy) is 1. The van der Waals surface area contributed by atoms with E-state index in [0.717, 1.165) is 48.3 Å². The molecule has 4 heterocycles. The van der Waals surface area contributed by atoms with Crippen molar-refractivity contribution in [2.75, 3.05) is 7.11 Å². The summed E-state index contributed by atoms with van der Waals surface area (Å²) in [4.78, 5) is 30.8. The molecule has 4 aromatic heterocycles. The highest BCUT2D eigenvalue weighted by Gasteiger charge is 2.33. The molecule has 0 saturated heterocycles. The van der Waals surface area contributed by atoms with E-state index >= 15 is 0 Å². The number of aryl methyl sites for hydroxylation is 1. The van der Waals surface area contributed by atoms with Crippen LogP contribution in [0.5, 0.6) is 0 Å². The van der Waals surface area contributed by atoms with Gasteiger partial charge in [-0.2, -0.15) is 0 Å². The highest BCUT2D eigenvalue weighted by Crippen LogP contribution is 2.36. The van der Waals surface area contributed by atoms with Crippen LogP contribution >= 0.6 is 22.9 Å². The van der Waals surface area contributed by atoms with E-state index < -0.39 is 0 Å². The molecule has 190 valence electrons. The maximum Gasteiger partial charge on any atom is 0.280 e. The highest BCUT2D eigenvalue weighted by molar-refractivity contribution is 7.17. The van der Waals surface area contributed by atoms with Crippen LogP contribution in [0.3, 0.4) is 0 Å². The predicted octanol–water partition coefficient (Wildman–Crippen LogP) is 5.24. The van der Waals surface area contributed by atoms with Crippen LogP contribution in [0.15, 0.2) is 29.1 Å². The molecule has 1 aliphatic carbocycles. The molecule has 1 fully saturated rings. The Morgan fingerprint density at radius 1 is 1.25 bits per heavy atom. The average molecular weight is 529 g/mol. The minimum Gasteiger partial charge on any atom is -0.440 e. The second-order valence-corrected chi connectivity index (χ2v) is 11.4. The van der Waals surface area contributed by atoms with Crippen LogP contribution in [0.25, 0.3) is 22.6 Å². The van der Waals surface area contributed by atoms with Crippen molar-refractivity contribution in [2.45, 2.75) is 64.6 Å². The van der Waals surface area contributed by atoms with Gasteiger partial charge in [0.15, 0.2) is 5.01 Å². The molecule has 5 rings (SSSR count). The van der Waals surface area contributed by atoms with E-state index in [2.05, 4.69) is 38.7 Å². The van der Waals surface area contributed by atoms with Crippen LogP contribution in [0, 0.1) is 12.8 Å². The summed E-state index contributed by atoms with van der Waals surface area (Å²) in [5, 5.41) is 3.51. The van der Waals surface area contributed by atoms with Gasteiger partial charge in [0.25, 0.3) is 5.91 Å². The summed E-state index contributed by atoms with van der Waals surface area (Å²) in [6.45, 7) is 6.23. The molecular weight excluding hydrogens is 500 g/mol. The number of rotatable bonds is 7. The van der Waals surface area contributed by atoms with Crippen LogP contribution in [0.2, 0.25) is 4.34 Å². The lowest BCUT2D eigenvalue weighted by molar-refractivity contribution is 0.0390. The van der Waals surface area contributed by atoms with Gasteiger partial charge in [-0.3, -0.25) is 4.79 Å². The monoisotopic (exact) mass is 528 g/mol. The summed E-state index contributed by atoms with van der Waals surface area (Å²) in [6, 6.07) is 2.00. The molecule has 36 heavy (non-hydrogen) atoms. The van der Waals surface area contributed by atoms with Gasteiger partial charge in [-0.25, -0.2) is 19.9 Å². The number of hydrogen-bond donors (Lipinski definition) is 1. The van der Waals surface area contributed by atoms with Gasteiger partial charge in [-0.15, -0.1) is 0 Å². The lowest BCUT2D eigenvalue weighted by Gasteiger charge is -2.36. The number of fused-ring (bicyclic) bond motifs is 1. The zero-order valence-corrected chi connectivity index (χ0v) is 22.3. The fourth-order valence-electron chi connectivity index (χ4n) is 4.92. The highest BCUT2D eigenvalue weighted by atomic mass is 35.5. The summed E-state index contributed by atoms with van der Waals surface area (Å²) >= 11 is 7.16. The fraction of sp³-hybridized carbons (Fsp3) is 0.480. The molecule has 3 atom stereocenters. The van der Waals surface area contributed by atoms with E-state index in [1.165, 1.54) is 17.5 Å². The van der Waals surface area contributed by atoms with Crippen LogP contribution in [-0.2, 0) is 11.2 Å². The zero-order chi connectivity index (χ0) is 25.4. The molecule has 0 spiro atoms. The SMILES string of the molecule is CO[C@H]1C[C@H](NC(=O)c2ncc(Cl)s2)C[C@H](n2c(CC(C)C)nc3cnc(-c4ncc(C)o4)cc32)C1. The third kappa shape index (κ3) is 5.16. The topological polar surface area (TPSA) is 108 Å². The summed E-state index contributed by atoms with van der Waals surface area (Å²) in [7, 11) is 1.72. The lowest BCUT2D eigenvalue weighted by atomic mass is 9.88. The number of methoxy groups -OCH3 is 1. The molecule has 1 N–H and O–H groups in total. The summed E-state index contributed by atoms with van der Waals surface area (Å²) < 4.78 is 14.3. The third-order valence-corrected chi connectivity index (χ3v) is 7.54. The Hall–Kier alpha value is -2.82. The standard InChI is InChI=1S/C25H29ClN6O3S/c1-13(2)5-22-31-19-11-27-18(24-28-10-14(3)35-24)9-20(19)32(22)16-6-15(7-17(8-16)34-4)30-23(33)25-29-12-21(26)36-25/h9-13,15-17H,5-8H2,1-4H3,(H,30,33)/t15-,16+,17+/m1/s1. The van der Waals surface area contributed by atoms with Gasteiger partial charge >= 0.3 is 0 Å². The first-order valence-corrected chi connectivity index (χ1v) is 13.2. The molecule has 0 radical (unpaired) electrons. The predicted molar refractivity (Wildman–Crippen MR) is 138 cm³/mol. The van der Waals surface area contributed by atoms with E-state index in [9.17, 15) is 4.79 Å². The average Bonchev–Trinajstić information content (AvgIpc) is 3.56. The van der Waals surface area contributed by atoms with Crippen LogP contribution in [0.1, 0.15) is 60.5 Å². The minimum absolute atomic E-state index is 0.00557. The fourth-order valence-corrected chi connectivity index (χ4v) is 5.74. The van der Waals surface area contributed by atoms with Crippen molar-refractivity contribution in [3.8, 4) is 11.6 Å². The molecule has 9 nitrogen and oxygen atoms in total. The van der Waals surface area contributed by atoms with Gasteiger partial charge in [0.05, 0.1) is 30.2 Å². The van der Waals surface area contributed by atoms with Crippen molar-refractivity contribution in [3.05, 3.63) is 45.6 Å². The first kappa shape index (κ1) is 24.9. The van der Waals surface area contributed by atoms with Gasteiger partial charge in [-0.05, 0) is 38.2 Å². The van der Waals surface area contributed by atoms with Gasteiger partial charge in [0, 0.05) is 25.6 Å². The Labute approximate surface area is 218 Å². The van der Waals surface area contributed by atoms with Crippen LogP contribution < -0.4 is 5.32 Å². The number of amides is 1. The number of carbonyl (C=O) groups excluding carboxylic acids is 1. The Morgan fingerprint density at radius 3 is 2.75 bits per heavy atom. The number of oxazole rings is 1. The maximum atomic E-state index is 12.8. The second-order valence-electron chi connectivity index (χ2n) is 9.69. The molecule has 11 heteroatoms. The van der Waals surface area contributed by atoms with Crippen molar-refractivity contribution in [1.29, 1.82) is 0 Å². The van der Waals surface area contributed by atoms with Gasteiger partial charge in [-0.1, -0.05) is 36.8 Å². The van der Waals surface area contributed by atoms with E-state index in [1.807, 2.05) is 13.0 Å². The van der Waals surface area contributed by atoms with Gasteiger partial charge in [0.2, 0.25) is 5.89 Å². The second kappa shape index (κ2) is 10.3. The minimum atomic E-state index is -0.212. The Morgan fingerprint density at radius 2 is 2.08 bits per heavy atom. The molecule has 4 aromatic rings. The number of hydrogen-bond acceptors (Lipinski definition) is 8.